The molecule has 4 saturated carbocycles. The summed E-state index contributed by atoms with van der Waals surface area (Å²) in [7, 11) is -3.22. The number of aromatic amines is 1. The molecule has 3 unspecified atom stereocenters. The first-order chi connectivity index (χ1) is 13.5. The maximum atomic E-state index is 12.9. The molecule has 3 atom stereocenters. The minimum atomic E-state index is -3.22. The van der Waals surface area contributed by atoms with Crippen molar-refractivity contribution < 1.29 is 8.42 Å². The van der Waals surface area contributed by atoms with E-state index >= 15 is 0 Å². The van der Waals surface area contributed by atoms with E-state index in [2.05, 4.69) is 29.3 Å². The van der Waals surface area contributed by atoms with Crippen LogP contribution < -0.4 is 4.72 Å². The van der Waals surface area contributed by atoms with Gasteiger partial charge in [-0.1, -0.05) is 6.42 Å². The van der Waals surface area contributed by atoms with Gasteiger partial charge in [0.25, 0.3) is 0 Å². The number of fused-ring (bicyclic) bond motifs is 3. The molecule has 0 saturated heterocycles. The molecule has 8 nitrogen and oxygen atoms in total. The van der Waals surface area contributed by atoms with E-state index in [1.165, 1.54) is 0 Å². The molecular weight excluding hydrogens is 376 g/mol. The molecule has 0 amide bonds. The molecular formula is C19H22N6O2S. The van der Waals surface area contributed by atoms with E-state index in [1.54, 1.807) is 6.20 Å². The molecule has 4 aliphatic carbocycles. The number of rotatable bonds is 4. The fraction of sp³-hybridized carbons (Fsp3) is 0.632. The number of nitrogens with one attached hydrogen (secondary N) is 2. The molecule has 0 radical (unpaired) electrons. The molecule has 4 aliphatic rings. The van der Waals surface area contributed by atoms with E-state index in [0.29, 0.717) is 0 Å². The Morgan fingerprint density at radius 1 is 1.18 bits per heavy atom. The number of aromatic nitrogens is 5. The van der Waals surface area contributed by atoms with Gasteiger partial charge in [0.2, 0.25) is 10.0 Å². The number of H-pyrrole nitrogens is 1. The van der Waals surface area contributed by atoms with E-state index in [-0.39, 0.29) is 21.6 Å². The predicted molar refractivity (Wildman–Crippen MR) is 102 cm³/mol. The molecule has 3 aromatic heterocycles. The SMILES string of the molecule is O=S(=O)(NC12CCC3(c4nnc5cnc6[nH]ccc6n45)CCC13C2)C1CCC1. The first-order valence-electron chi connectivity index (χ1n) is 10.2. The van der Waals surface area contributed by atoms with Gasteiger partial charge in [-0.05, 0) is 51.0 Å². The molecule has 7 rings (SSSR count). The van der Waals surface area contributed by atoms with E-state index in [0.717, 1.165) is 74.0 Å². The van der Waals surface area contributed by atoms with Crippen LogP contribution in [0.1, 0.15) is 57.2 Å². The third kappa shape index (κ3) is 1.57. The Kier molecular flexibility index (Phi) is 2.60. The van der Waals surface area contributed by atoms with E-state index in [4.69, 9.17) is 0 Å². The van der Waals surface area contributed by atoms with Crippen LogP contribution in [-0.4, -0.2) is 43.8 Å². The molecule has 2 N–H and O–H groups in total. The second-order valence-electron chi connectivity index (χ2n) is 9.31. The van der Waals surface area contributed by atoms with Gasteiger partial charge in [-0.25, -0.2) is 18.1 Å². The molecule has 3 aromatic rings. The van der Waals surface area contributed by atoms with E-state index < -0.39 is 10.0 Å². The highest BCUT2D eigenvalue weighted by molar-refractivity contribution is 7.90. The van der Waals surface area contributed by atoms with Gasteiger partial charge in [-0.3, -0.25) is 4.40 Å². The van der Waals surface area contributed by atoms with Crippen LogP contribution in [0.5, 0.6) is 0 Å². The lowest BCUT2D eigenvalue weighted by molar-refractivity contribution is 0.0934. The highest BCUT2D eigenvalue weighted by Gasteiger charge is 2.85. The Morgan fingerprint density at radius 2 is 2.04 bits per heavy atom. The number of hydrogen-bond acceptors (Lipinski definition) is 5. The molecule has 0 aliphatic heterocycles. The van der Waals surface area contributed by atoms with Crippen molar-refractivity contribution in [3.05, 3.63) is 24.3 Å². The number of sulfonamides is 1. The molecule has 0 aromatic carbocycles. The maximum Gasteiger partial charge on any atom is 0.215 e. The highest BCUT2D eigenvalue weighted by atomic mass is 32.2. The van der Waals surface area contributed by atoms with Crippen LogP contribution in [-0.2, 0) is 15.4 Å². The summed E-state index contributed by atoms with van der Waals surface area (Å²) in [5.74, 6) is 0.989. The Labute approximate surface area is 162 Å². The summed E-state index contributed by atoms with van der Waals surface area (Å²) >= 11 is 0. The molecule has 146 valence electrons. The summed E-state index contributed by atoms with van der Waals surface area (Å²) in [4.78, 5) is 7.59. The van der Waals surface area contributed by atoms with Crippen molar-refractivity contribution in [1.29, 1.82) is 0 Å². The molecule has 0 bridgehead atoms. The van der Waals surface area contributed by atoms with Crippen molar-refractivity contribution in [3.8, 4) is 0 Å². The van der Waals surface area contributed by atoms with Crippen molar-refractivity contribution in [2.75, 3.05) is 0 Å². The Balaban J connectivity index is 1.34. The Hall–Kier alpha value is -2.00. The van der Waals surface area contributed by atoms with Crippen LogP contribution in [0.25, 0.3) is 16.8 Å². The molecule has 1 spiro atoms. The first kappa shape index (κ1) is 15.9. The van der Waals surface area contributed by atoms with Gasteiger partial charge < -0.3 is 4.98 Å². The van der Waals surface area contributed by atoms with Gasteiger partial charge in [0, 0.05) is 22.6 Å². The second-order valence-corrected chi connectivity index (χ2v) is 11.3. The average molecular weight is 398 g/mol. The van der Waals surface area contributed by atoms with Crippen molar-refractivity contribution in [2.45, 2.75) is 67.6 Å². The lowest BCUT2D eigenvalue weighted by Gasteiger charge is -2.47. The molecule has 4 fully saturated rings. The molecule has 9 heteroatoms. The topological polar surface area (TPSA) is 105 Å². The minimum Gasteiger partial charge on any atom is -0.345 e. The first-order valence-corrected chi connectivity index (χ1v) is 11.8. The van der Waals surface area contributed by atoms with Crippen LogP contribution in [0.3, 0.4) is 0 Å². The predicted octanol–water partition coefficient (Wildman–Crippen LogP) is 2.03. The summed E-state index contributed by atoms with van der Waals surface area (Å²) in [6.45, 7) is 0. The summed E-state index contributed by atoms with van der Waals surface area (Å²) in [5, 5.41) is 8.84. The summed E-state index contributed by atoms with van der Waals surface area (Å²) in [6.07, 6.45) is 11.2. The van der Waals surface area contributed by atoms with Gasteiger partial charge >= 0.3 is 0 Å². The minimum absolute atomic E-state index is 0.00564. The van der Waals surface area contributed by atoms with Crippen molar-refractivity contribution >= 4 is 26.8 Å². The fourth-order valence-electron chi connectivity index (χ4n) is 6.62. The van der Waals surface area contributed by atoms with E-state index in [9.17, 15) is 8.42 Å². The zero-order chi connectivity index (χ0) is 18.8. The lowest BCUT2D eigenvalue weighted by atomic mass is 9.57. The van der Waals surface area contributed by atoms with Gasteiger partial charge in [0.1, 0.15) is 5.82 Å². The smallest absolute Gasteiger partial charge is 0.215 e. The normalized spacial score (nSPS) is 36.9. The van der Waals surface area contributed by atoms with Gasteiger partial charge in [0.15, 0.2) is 11.3 Å². The highest BCUT2D eigenvalue weighted by Crippen LogP contribution is 2.84. The van der Waals surface area contributed by atoms with Crippen LogP contribution in [0.2, 0.25) is 0 Å². The average Bonchev–Trinajstić information content (AvgIpc) is 2.90. The zero-order valence-corrected chi connectivity index (χ0v) is 16.3. The fourth-order valence-corrected chi connectivity index (χ4v) is 8.65. The van der Waals surface area contributed by atoms with Crippen LogP contribution in [0, 0.1) is 5.41 Å². The lowest BCUT2D eigenvalue weighted by Crippen LogP contribution is -2.52. The Bertz CT molecular complexity index is 1260. The quantitative estimate of drug-likeness (QED) is 0.700. The standard InChI is InChI=1S/C19H22N6O2S/c26-28(27,12-2-1-3-12)24-19-8-6-17(5-7-18(17,19)11-19)16-23-22-14-10-21-15-13(25(14)16)4-9-20-15/h4,9-10,12,20,24H,1-3,5-8,11H2. The number of nitrogens with zero attached hydrogens (tertiary/aromatic N) is 4. The zero-order valence-electron chi connectivity index (χ0n) is 15.5. The van der Waals surface area contributed by atoms with E-state index in [1.807, 2.05) is 12.3 Å². The third-order valence-corrected chi connectivity index (χ3v) is 10.5. The van der Waals surface area contributed by atoms with Gasteiger partial charge in [-0.2, -0.15) is 0 Å². The summed E-state index contributed by atoms with van der Waals surface area (Å²) in [6, 6.07) is 2.01. The van der Waals surface area contributed by atoms with Crippen LogP contribution in [0.4, 0.5) is 0 Å². The maximum absolute atomic E-state index is 12.9. The van der Waals surface area contributed by atoms with Crippen molar-refractivity contribution in [3.63, 3.8) is 0 Å². The van der Waals surface area contributed by atoms with Gasteiger partial charge in [-0.15, -0.1) is 10.2 Å². The molecule has 28 heavy (non-hydrogen) atoms. The van der Waals surface area contributed by atoms with Gasteiger partial charge in [0.05, 0.1) is 17.0 Å². The summed E-state index contributed by atoms with van der Waals surface area (Å²) in [5.41, 5.74) is 2.22. The largest absolute Gasteiger partial charge is 0.345 e. The number of hydrogen-bond donors (Lipinski definition) is 2. The monoisotopic (exact) mass is 398 g/mol. The van der Waals surface area contributed by atoms with Crippen LogP contribution >= 0.6 is 0 Å². The van der Waals surface area contributed by atoms with Crippen molar-refractivity contribution in [2.24, 2.45) is 5.41 Å². The van der Waals surface area contributed by atoms with Crippen LogP contribution in [0.15, 0.2) is 18.5 Å². The molecule has 3 heterocycles. The summed E-state index contributed by atoms with van der Waals surface area (Å²) < 4.78 is 31.0. The Morgan fingerprint density at radius 3 is 2.79 bits per heavy atom. The second kappa shape index (κ2) is 4.59. The third-order valence-electron chi connectivity index (χ3n) is 8.47. The van der Waals surface area contributed by atoms with Crippen molar-refractivity contribution in [1.82, 2.24) is 29.3 Å².